The van der Waals surface area contributed by atoms with Crippen LogP contribution in [0, 0.1) is 6.92 Å². The first-order valence-electron chi connectivity index (χ1n) is 6.16. The minimum absolute atomic E-state index is 0.136. The predicted octanol–water partition coefficient (Wildman–Crippen LogP) is 2.29. The molecule has 0 spiro atoms. The van der Waals surface area contributed by atoms with Gasteiger partial charge in [-0.25, -0.2) is 0 Å². The Balaban J connectivity index is 2.20. The lowest BCUT2D eigenvalue weighted by Crippen LogP contribution is -2.07. The van der Waals surface area contributed by atoms with Crippen LogP contribution in [-0.4, -0.2) is 21.6 Å². The highest BCUT2D eigenvalue weighted by atomic mass is 16.5. The summed E-state index contributed by atoms with van der Waals surface area (Å²) in [5.74, 6) is 0.519. The van der Waals surface area contributed by atoms with Gasteiger partial charge in [-0.3, -0.25) is 0 Å². The van der Waals surface area contributed by atoms with E-state index in [4.69, 9.17) is 10.5 Å². The molecule has 0 aliphatic carbocycles. The first-order valence-corrected chi connectivity index (χ1v) is 6.16. The zero-order valence-corrected chi connectivity index (χ0v) is 11.1. The number of anilines is 3. The quantitative estimate of drug-likeness (QED) is 0.856. The topological polar surface area (TPSA) is 86.0 Å². The molecule has 6 nitrogen and oxygen atoms in total. The molecule has 0 saturated carbocycles. The Hall–Kier alpha value is -2.37. The number of benzene rings is 1. The summed E-state index contributed by atoms with van der Waals surface area (Å²) in [6.45, 7) is 4.56. The predicted molar refractivity (Wildman–Crippen MR) is 74.5 cm³/mol. The monoisotopic (exact) mass is 259 g/mol. The fourth-order valence-corrected chi connectivity index (χ4v) is 1.52. The van der Waals surface area contributed by atoms with E-state index in [0.717, 1.165) is 17.7 Å². The normalized spacial score (nSPS) is 10.2. The van der Waals surface area contributed by atoms with Crippen molar-refractivity contribution in [1.82, 2.24) is 15.0 Å². The largest absolute Gasteiger partial charge is 0.463 e. The van der Waals surface area contributed by atoms with Gasteiger partial charge >= 0.3 is 6.01 Å². The highest BCUT2D eigenvalue weighted by Gasteiger charge is 2.06. The lowest BCUT2D eigenvalue weighted by molar-refractivity contribution is 0.292. The number of aryl methyl sites for hydroxylation is 1. The molecule has 100 valence electrons. The van der Waals surface area contributed by atoms with Gasteiger partial charge in [-0.15, -0.1) is 0 Å². The van der Waals surface area contributed by atoms with Crippen LogP contribution in [0.1, 0.15) is 18.9 Å². The van der Waals surface area contributed by atoms with Gasteiger partial charge in [-0.05, 0) is 25.0 Å². The Kier molecular flexibility index (Phi) is 4.12. The van der Waals surface area contributed by atoms with Gasteiger partial charge in [-0.1, -0.05) is 25.1 Å². The second-order valence-electron chi connectivity index (χ2n) is 4.09. The van der Waals surface area contributed by atoms with Gasteiger partial charge in [0.15, 0.2) is 0 Å². The van der Waals surface area contributed by atoms with Crippen molar-refractivity contribution in [3.8, 4) is 6.01 Å². The fraction of sp³-hybridized carbons (Fsp3) is 0.308. The molecule has 6 heteroatoms. The van der Waals surface area contributed by atoms with Gasteiger partial charge in [0, 0.05) is 5.69 Å². The van der Waals surface area contributed by atoms with Crippen LogP contribution in [0.15, 0.2) is 24.3 Å². The molecule has 2 aromatic rings. The molecular formula is C13H17N5O. The molecule has 0 bridgehead atoms. The lowest BCUT2D eigenvalue weighted by atomic mass is 10.2. The summed E-state index contributed by atoms with van der Waals surface area (Å²) in [6.07, 6.45) is 0.881. The summed E-state index contributed by atoms with van der Waals surface area (Å²) in [6, 6.07) is 8.10. The van der Waals surface area contributed by atoms with E-state index in [-0.39, 0.29) is 12.0 Å². The SMILES string of the molecule is CCCOc1nc(N)nc(Nc2ccccc2C)n1. The zero-order valence-electron chi connectivity index (χ0n) is 11.1. The van der Waals surface area contributed by atoms with Crippen LogP contribution in [0.25, 0.3) is 0 Å². The van der Waals surface area contributed by atoms with Crippen LogP contribution >= 0.6 is 0 Å². The molecule has 3 N–H and O–H groups in total. The molecule has 1 aromatic carbocycles. The van der Waals surface area contributed by atoms with Gasteiger partial charge in [0.1, 0.15) is 0 Å². The van der Waals surface area contributed by atoms with Crippen molar-refractivity contribution < 1.29 is 4.74 Å². The zero-order chi connectivity index (χ0) is 13.7. The van der Waals surface area contributed by atoms with E-state index in [1.807, 2.05) is 38.1 Å². The number of aromatic nitrogens is 3. The van der Waals surface area contributed by atoms with Crippen LogP contribution < -0.4 is 15.8 Å². The molecule has 0 aliphatic rings. The molecule has 0 unspecified atom stereocenters. The van der Waals surface area contributed by atoms with Crippen molar-refractivity contribution in [3.63, 3.8) is 0 Å². The Morgan fingerprint density at radius 2 is 2.00 bits per heavy atom. The van der Waals surface area contributed by atoms with Gasteiger partial charge in [-0.2, -0.15) is 15.0 Å². The summed E-state index contributed by atoms with van der Waals surface area (Å²) in [5, 5.41) is 3.11. The number of nitrogen functional groups attached to an aromatic ring is 1. The van der Waals surface area contributed by atoms with Gasteiger partial charge < -0.3 is 15.8 Å². The molecule has 0 saturated heterocycles. The lowest BCUT2D eigenvalue weighted by Gasteiger charge is -2.09. The highest BCUT2D eigenvalue weighted by Crippen LogP contribution is 2.18. The van der Waals surface area contributed by atoms with E-state index in [1.165, 1.54) is 0 Å². The first kappa shape index (κ1) is 13.1. The number of nitrogens with one attached hydrogen (secondary N) is 1. The summed E-state index contributed by atoms with van der Waals surface area (Å²) < 4.78 is 5.36. The van der Waals surface area contributed by atoms with E-state index in [0.29, 0.717) is 12.6 Å². The van der Waals surface area contributed by atoms with Crippen molar-refractivity contribution in [2.24, 2.45) is 0 Å². The Labute approximate surface area is 112 Å². The fourth-order valence-electron chi connectivity index (χ4n) is 1.52. The highest BCUT2D eigenvalue weighted by molar-refractivity contribution is 5.58. The number of para-hydroxylation sites is 1. The summed E-state index contributed by atoms with van der Waals surface area (Å²) in [4.78, 5) is 12.1. The third kappa shape index (κ3) is 3.54. The van der Waals surface area contributed by atoms with Crippen molar-refractivity contribution >= 4 is 17.6 Å². The van der Waals surface area contributed by atoms with E-state index in [2.05, 4.69) is 20.3 Å². The van der Waals surface area contributed by atoms with Crippen molar-refractivity contribution in [2.75, 3.05) is 17.7 Å². The minimum Gasteiger partial charge on any atom is -0.463 e. The van der Waals surface area contributed by atoms with Crippen LogP contribution in [0.5, 0.6) is 6.01 Å². The molecule has 0 atom stereocenters. The number of hydrogen-bond donors (Lipinski definition) is 2. The molecule has 0 fully saturated rings. The molecular weight excluding hydrogens is 242 g/mol. The summed E-state index contributed by atoms with van der Waals surface area (Å²) in [5.41, 5.74) is 7.66. The van der Waals surface area contributed by atoms with E-state index >= 15 is 0 Å². The smallest absolute Gasteiger partial charge is 0.323 e. The Morgan fingerprint density at radius 1 is 1.21 bits per heavy atom. The van der Waals surface area contributed by atoms with Crippen molar-refractivity contribution in [3.05, 3.63) is 29.8 Å². The van der Waals surface area contributed by atoms with Gasteiger partial charge in [0.25, 0.3) is 0 Å². The van der Waals surface area contributed by atoms with Crippen LogP contribution in [0.2, 0.25) is 0 Å². The number of ether oxygens (including phenoxy) is 1. The second kappa shape index (κ2) is 5.99. The average molecular weight is 259 g/mol. The van der Waals surface area contributed by atoms with E-state index in [1.54, 1.807) is 0 Å². The third-order valence-electron chi connectivity index (χ3n) is 2.46. The number of hydrogen-bond acceptors (Lipinski definition) is 6. The van der Waals surface area contributed by atoms with Crippen LogP contribution in [-0.2, 0) is 0 Å². The molecule has 2 rings (SSSR count). The Bertz CT molecular complexity index is 558. The number of nitrogens with zero attached hydrogens (tertiary/aromatic N) is 3. The van der Waals surface area contributed by atoms with Gasteiger partial charge in [0.05, 0.1) is 6.61 Å². The first-order chi connectivity index (χ1) is 9.19. The third-order valence-corrected chi connectivity index (χ3v) is 2.46. The van der Waals surface area contributed by atoms with Crippen molar-refractivity contribution in [1.29, 1.82) is 0 Å². The minimum atomic E-state index is 0.136. The average Bonchev–Trinajstić information content (AvgIpc) is 2.38. The molecule has 0 radical (unpaired) electrons. The van der Waals surface area contributed by atoms with Crippen molar-refractivity contribution in [2.45, 2.75) is 20.3 Å². The van der Waals surface area contributed by atoms with E-state index < -0.39 is 0 Å². The maximum absolute atomic E-state index is 5.64. The number of rotatable bonds is 5. The second-order valence-corrected chi connectivity index (χ2v) is 4.09. The standard InChI is InChI=1S/C13H17N5O/c1-3-8-19-13-17-11(14)16-12(18-13)15-10-7-5-4-6-9(10)2/h4-7H,3,8H2,1-2H3,(H3,14,15,16,17,18). The summed E-state index contributed by atoms with van der Waals surface area (Å²) >= 11 is 0. The molecule has 1 heterocycles. The molecule has 1 aromatic heterocycles. The number of nitrogens with two attached hydrogens (primary N) is 1. The molecule has 0 amide bonds. The van der Waals surface area contributed by atoms with Gasteiger partial charge in [0.2, 0.25) is 11.9 Å². The summed E-state index contributed by atoms with van der Waals surface area (Å²) in [7, 11) is 0. The molecule has 19 heavy (non-hydrogen) atoms. The Morgan fingerprint density at radius 3 is 2.74 bits per heavy atom. The molecule has 0 aliphatic heterocycles. The van der Waals surface area contributed by atoms with Crippen LogP contribution in [0.3, 0.4) is 0 Å². The maximum Gasteiger partial charge on any atom is 0.323 e. The van der Waals surface area contributed by atoms with E-state index in [9.17, 15) is 0 Å². The van der Waals surface area contributed by atoms with Crippen LogP contribution in [0.4, 0.5) is 17.6 Å². The maximum atomic E-state index is 5.64.